The highest BCUT2D eigenvalue weighted by atomic mass is 19.3. The summed E-state index contributed by atoms with van der Waals surface area (Å²) in [5, 5.41) is 6.25. The molecule has 1 amide bonds. The van der Waals surface area contributed by atoms with Crippen molar-refractivity contribution < 1.29 is 27.8 Å². The summed E-state index contributed by atoms with van der Waals surface area (Å²) in [6.07, 6.45) is 1.26. The summed E-state index contributed by atoms with van der Waals surface area (Å²) in [6.45, 7) is 4.10. The highest BCUT2D eigenvalue weighted by Gasteiger charge is 2.42. The van der Waals surface area contributed by atoms with Crippen molar-refractivity contribution in [2.24, 2.45) is 0 Å². The Morgan fingerprint density at radius 3 is 2.70 bits per heavy atom. The number of alkyl halides is 2. The van der Waals surface area contributed by atoms with Crippen molar-refractivity contribution in [1.29, 1.82) is 0 Å². The van der Waals surface area contributed by atoms with Crippen molar-refractivity contribution in [1.82, 2.24) is 15.3 Å². The molecule has 0 bridgehead atoms. The van der Waals surface area contributed by atoms with E-state index < -0.39 is 18.8 Å². The molecule has 1 saturated heterocycles. The van der Waals surface area contributed by atoms with E-state index in [1.807, 2.05) is 6.92 Å². The van der Waals surface area contributed by atoms with Gasteiger partial charge in [-0.15, -0.1) is 0 Å². The zero-order valence-electron chi connectivity index (χ0n) is 18.5. The third kappa shape index (κ3) is 4.49. The van der Waals surface area contributed by atoms with Gasteiger partial charge in [-0.05, 0) is 32.8 Å². The molecule has 5 rings (SSSR count). The van der Waals surface area contributed by atoms with Crippen LogP contribution < -0.4 is 15.4 Å². The maximum atomic E-state index is 14.1. The number of anilines is 1. The van der Waals surface area contributed by atoms with Crippen LogP contribution >= 0.6 is 0 Å². The lowest BCUT2D eigenvalue weighted by Gasteiger charge is -2.20. The van der Waals surface area contributed by atoms with Crippen LogP contribution in [0.5, 0.6) is 5.75 Å². The van der Waals surface area contributed by atoms with E-state index in [-0.39, 0.29) is 35.7 Å². The molecule has 1 aromatic carbocycles. The van der Waals surface area contributed by atoms with E-state index in [2.05, 4.69) is 20.6 Å². The summed E-state index contributed by atoms with van der Waals surface area (Å²) < 4.78 is 44.8. The zero-order valence-corrected chi connectivity index (χ0v) is 18.5. The summed E-state index contributed by atoms with van der Waals surface area (Å²) in [6, 6.07) is 4.69. The molecule has 8 nitrogen and oxygen atoms in total. The van der Waals surface area contributed by atoms with Gasteiger partial charge in [-0.2, -0.15) is 8.78 Å². The normalized spacial score (nSPS) is 20.2. The van der Waals surface area contributed by atoms with Gasteiger partial charge in [-0.1, -0.05) is 12.1 Å². The molecule has 0 radical (unpaired) electrons. The third-order valence-corrected chi connectivity index (χ3v) is 6.10. The van der Waals surface area contributed by atoms with Crippen LogP contribution in [0.25, 0.3) is 0 Å². The molecule has 2 aromatic rings. The van der Waals surface area contributed by atoms with Crippen molar-refractivity contribution in [3.8, 4) is 5.75 Å². The van der Waals surface area contributed by atoms with E-state index in [0.717, 1.165) is 12.8 Å². The monoisotopic (exact) mass is 460 g/mol. The first-order chi connectivity index (χ1) is 15.7. The van der Waals surface area contributed by atoms with Crippen molar-refractivity contribution >= 4 is 11.7 Å². The molecule has 0 atom stereocenters. The van der Waals surface area contributed by atoms with E-state index >= 15 is 0 Å². The van der Waals surface area contributed by atoms with E-state index in [4.69, 9.17) is 14.2 Å². The molecule has 1 saturated carbocycles. The van der Waals surface area contributed by atoms with E-state index in [1.54, 1.807) is 19.1 Å². The molecule has 0 unspecified atom stereocenters. The number of carbonyl (C=O) groups is 1. The minimum Gasteiger partial charge on any atom is -0.486 e. The SMILES string of the molecule is Cc1nc(CC(=O)NC2(C)CC2)c(C2OCCO2)c(NCc2cccc3c2OCC3(F)F)n1. The topological polar surface area (TPSA) is 94.6 Å². The number of amides is 1. The number of rotatable bonds is 7. The Morgan fingerprint density at radius 1 is 1.21 bits per heavy atom. The van der Waals surface area contributed by atoms with Gasteiger partial charge in [0.05, 0.1) is 36.5 Å². The molecule has 1 aliphatic carbocycles. The Kier molecular flexibility index (Phi) is 5.44. The number of para-hydroxylation sites is 1. The fraction of sp³-hybridized carbons (Fsp3) is 0.522. The Labute approximate surface area is 190 Å². The molecular formula is C23H26F2N4O4. The maximum absolute atomic E-state index is 14.1. The molecule has 2 N–H and O–H groups in total. The van der Waals surface area contributed by atoms with Crippen LogP contribution in [0.15, 0.2) is 18.2 Å². The van der Waals surface area contributed by atoms with E-state index in [9.17, 15) is 13.6 Å². The number of ether oxygens (including phenoxy) is 3. The largest absolute Gasteiger partial charge is 0.486 e. The first-order valence-corrected chi connectivity index (χ1v) is 11.0. The highest BCUT2D eigenvalue weighted by Crippen LogP contribution is 2.43. The van der Waals surface area contributed by atoms with Gasteiger partial charge in [0, 0.05) is 17.6 Å². The Hall–Kier alpha value is -2.85. The number of nitrogens with one attached hydrogen (secondary N) is 2. The van der Waals surface area contributed by atoms with Gasteiger partial charge in [0.2, 0.25) is 5.91 Å². The number of fused-ring (bicyclic) bond motifs is 1. The molecule has 2 fully saturated rings. The van der Waals surface area contributed by atoms with Crippen LogP contribution in [0, 0.1) is 6.92 Å². The second-order valence-corrected chi connectivity index (χ2v) is 8.98. The van der Waals surface area contributed by atoms with Crippen LogP contribution in [0.4, 0.5) is 14.6 Å². The summed E-state index contributed by atoms with van der Waals surface area (Å²) in [5.41, 5.74) is 1.39. The summed E-state index contributed by atoms with van der Waals surface area (Å²) in [4.78, 5) is 21.7. The van der Waals surface area contributed by atoms with Gasteiger partial charge >= 0.3 is 5.92 Å². The number of aromatic nitrogens is 2. The lowest BCUT2D eigenvalue weighted by Crippen LogP contribution is -2.36. The number of halogens is 2. The van der Waals surface area contributed by atoms with Crippen LogP contribution in [-0.4, -0.2) is 41.2 Å². The average Bonchev–Trinajstić information content (AvgIpc) is 3.12. The molecule has 3 heterocycles. The van der Waals surface area contributed by atoms with Gasteiger partial charge in [-0.3, -0.25) is 4.79 Å². The number of aryl methyl sites for hydroxylation is 1. The van der Waals surface area contributed by atoms with Crippen LogP contribution in [0.3, 0.4) is 0 Å². The Balaban J connectivity index is 1.43. The summed E-state index contributed by atoms with van der Waals surface area (Å²) >= 11 is 0. The van der Waals surface area contributed by atoms with Crippen LogP contribution in [0.2, 0.25) is 0 Å². The summed E-state index contributed by atoms with van der Waals surface area (Å²) in [5.74, 6) is -2.03. The van der Waals surface area contributed by atoms with Crippen molar-refractivity contribution in [2.75, 3.05) is 25.1 Å². The average molecular weight is 460 g/mol. The fourth-order valence-corrected chi connectivity index (χ4v) is 4.13. The number of carbonyl (C=O) groups excluding carboxylic acids is 1. The molecular weight excluding hydrogens is 434 g/mol. The fourth-order valence-electron chi connectivity index (χ4n) is 4.13. The van der Waals surface area contributed by atoms with Crippen LogP contribution in [0.1, 0.15) is 54.3 Å². The molecule has 3 aliphatic rings. The van der Waals surface area contributed by atoms with Gasteiger partial charge in [0.1, 0.15) is 17.4 Å². The standard InChI is InChI=1S/C23H26F2N4O4/c1-13-27-16(10-17(30)29-22(2)6-7-22)18(21-31-8-9-32-21)20(28-13)26-11-14-4-3-5-15-19(14)33-12-23(15,24)25/h3-5,21H,6-12H2,1-2H3,(H,29,30)(H,26,27,28). The number of nitrogens with zero attached hydrogens (tertiary/aromatic N) is 2. The molecule has 0 spiro atoms. The van der Waals surface area contributed by atoms with Gasteiger partial charge in [0.15, 0.2) is 12.9 Å². The minimum absolute atomic E-state index is 0.0578. The Bertz CT molecular complexity index is 1080. The Morgan fingerprint density at radius 2 is 1.97 bits per heavy atom. The number of benzene rings is 1. The van der Waals surface area contributed by atoms with E-state index in [1.165, 1.54) is 6.07 Å². The molecule has 10 heteroatoms. The van der Waals surface area contributed by atoms with Crippen LogP contribution in [-0.2, 0) is 33.2 Å². The first kappa shape index (κ1) is 22.0. The number of hydrogen-bond acceptors (Lipinski definition) is 7. The van der Waals surface area contributed by atoms with Crippen molar-refractivity contribution in [3.05, 3.63) is 46.4 Å². The molecule has 176 valence electrons. The first-order valence-electron chi connectivity index (χ1n) is 11.0. The quantitative estimate of drug-likeness (QED) is 0.656. The molecule has 33 heavy (non-hydrogen) atoms. The van der Waals surface area contributed by atoms with Crippen molar-refractivity contribution in [3.63, 3.8) is 0 Å². The smallest absolute Gasteiger partial charge is 0.310 e. The van der Waals surface area contributed by atoms with Crippen molar-refractivity contribution in [2.45, 2.75) is 57.4 Å². The lowest BCUT2D eigenvalue weighted by atomic mass is 10.1. The molecule has 1 aromatic heterocycles. The predicted molar refractivity (Wildman–Crippen MR) is 114 cm³/mol. The maximum Gasteiger partial charge on any atom is 0.310 e. The highest BCUT2D eigenvalue weighted by molar-refractivity contribution is 5.80. The second kappa shape index (κ2) is 8.18. The third-order valence-electron chi connectivity index (χ3n) is 6.10. The van der Waals surface area contributed by atoms with Gasteiger partial charge in [0.25, 0.3) is 0 Å². The van der Waals surface area contributed by atoms with Gasteiger partial charge in [-0.25, -0.2) is 9.97 Å². The number of hydrogen-bond donors (Lipinski definition) is 2. The molecule has 2 aliphatic heterocycles. The zero-order chi connectivity index (χ0) is 23.2. The van der Waals surface area contributed by atoms with E-state index in [0.29, 0.717) is 41.7 Å². The predicted octanol–water partition coefficient (Wildman–Crippen LogP) is 3.14. The second-order valence-electron chi connectivity index (χ2n) is 8.98. The van der Waals surface area contributed by atoms with Gasteiger partial charge < -0.3 is 24.8 Å². The lowest BCUT2D eigenvalue weighted by molar-refractivity contribution is -0.121. The minimum atomic E-state index is -3.01. The summed E-state index contributed by atoms with van der Waals surface area (Å²) in [7, 11) is 0.